The number of benzene rings is 1. The van der Waals surface area contributed by atoms with E-state index in [1.165, 1.54) is 24.1 Å². The van der Waals surface area contributed by atoms with Crippen LogP contribution >= 0.6 is 0 Å². The molecule has 1 spiro atoms. The highest BCUT2D eigenvalue weighted by Crippen LogP contribution is 2.70. The van der Waals surface area contributed by atoms with Crippen molar-refractivity contribution in [3.05, 3.63) is 29.8 Å². The molecule has 1 aliphatic carbocycles. The average Bonchev–Trinajstić information content (AvgIpc) is 3.07. The molecule has 5 bridgehead atoms. The number of para-hydroxylation sites is 1. The summed E-state index contributed by atoms with van der Waals surface area (Å²) in [6.07, 6.45) is 3.78. The van der Waals surface area contributed by atoms with E-state index in [0.29, 0.717) is 35.8 Å². The van der Waals surface area contributed by atoms with Gasteiger partial charge in [0.15, 0.2) is 0 Å². The van der Waals surface area contributed by atoms with E-state index < -0.39 is 0 Å². The van der Waals surface area contributed by atoms with Crippen molar-refractivity contribution in [2.45, 2.75) is 75.4 Å². The Balaban J connectivity index is 1.60. The van der Waals surface area contributed by atoms with Crippen molar-refractivity contribution >= 4 is 5.69 Å². The van der Waals surface area contributed by atoms with E-state index in [-0.39, 0.29) is 23.8 Å². The maximum Gasteiger partial charge on any atom is 0.111 e. The predicted octanol–water partition coefficient (Wildman–Crippen LogP) is 2.58. The second-order valence-electron chi connectivity index (χ2n) is 9.86. The first-order valence-corrected chi connectivity index (χ1v) is 11.0. The van der Waals surface area contributed by atoms with Gasteiger partial charge in [0.1, 0.15) is 6.23 Å². The number of likely N-dealkylation sites (N-methyl/N-ethyl adjacent to an activating group) is 1. The fourth-order valence-electron chi connectivity index (χ4n) is 8.78. The lowest BCUT2D eigenvalue weighted by Crippen LogP contribution is -2.76. The smallest absolute Gasteiger partial charge is 0.111 e. The molecule has 5 heterocycles. The SMILES string of the molecule is CCCC1[C@H]2C3[C@@H]4C[C@]5(c6ccccc6N(C)[C@H]5[C@H]1N4[C@H](O)[C@H]2CC)[C@H]3O. The van der Waals surface area contributed by atoms with Gasteiger partial charge in [0.05, 0.1) is 12.1 Å². The summed E-state index contributed by atoms with van der Waals surface area (Å²) in [6.45, 7) is 4.51. The largest absolute Gasteiger partial charge is 0.392 e. The summed E-state index contributed by atoms with van der Waals surface area (Å²) in [5, 5.41) is 23.2. The minimum atomic E-state index is -0.334. The molecule has 2 N–H and O–H groups in total. The van der Waals surface area contributed by atoms with Crippen LogP contribution in [-0.4, -0.2) is 52.6 Å². The Labute approximate surface area is 162 Å². The second kappa shape index (κ2) is 5.28. The van der Waals surface area contributed by atoms with Crippen LogP contribution in [0.1, 0.15) is 45.1 Å². The third-order valence-corrected chi connectivity index (χ3v) is 9.32. The number of hydrogen-bond donors (Lipinski definition) is 2. The monoisotopic (exact) mass is 368 g/mol. The van der Waals surface area contributed by atoms with Gasteiger partial charge in [-0.3, -0.25) is 4.90 Å². The van der Waals surface area contributed by atoms with Crippen LogP contribution in [0.15, 0.2) is 24.3 Å². The molecule has 5 fully saturated rings. The number of hydrogen-bond acceptors (Lipinski definition) is 4. The number of fused-ring (bicyclic) bond motifs is 2. The molecule has 1 aromatic carbocycles. The van der Waals surface area contributed by atoms with Crippen molar-refractivity contribution in [3.63, 3.8) is 0 Å². The van der Waals surface area contributed by atoms with Crippen LogP contribution in [-0.2, 0) is 5.41 Å². The van der Waals surface area contributed by atoms with Crippen LogP contribution in [0.3, 0.4) is 0 Å². The van der Waals surface area contributed by atoms with Gasteiger partial charge in [-0.2, -0.15) is 0 Å². The predicted molar refractivity (Wildman–Crippen MR) is 106 cm³/mol. The summed E-state index contributed by atoms with van der Waals surface area (Å²) in [4.78, 5) is 4.94. The summed E-state index contributed by atoms with van der Waals surface area (Å²) < 4.78 is 0. The van der Waals surface area contributed by atoms with E-state index in [0.717, 1.165) is 12.8 Å². The van der Waals surface area contributed by atoms with Crippen LogP contribution in [0.2, 0.25) is 0 Å². The van der Waals surface area contributed by atoms with Gasteiger partial charge in [-0.15, -0.1) is 0 Å². The lowest BCUT2D eigenvalue weighted by molar-refractivity contribution is -0.238. The molecule has 3 unspecified atom stereocenters. The second-order valence-corrected chi connectivity index (χ2v) is 9.86. The Kier molecular flexibility index (Phi) is 3.29. The zero-order chi connectivity index (χ0) is 18.7. The average molecular weight is 369 g/mol. The van der Waals surface area contributed by atoms with E-state index in [1.807, 2.05) is 0 Å². The molecule has 4 heteroatoms. The Morgan fingerprint density at radius 1 is 1.11 bits per heavy atom. The molecular formula is C23H32N2O2. The molecule has 11 atom stereocenters. The van der Waals surface area contributed by atoms with E-state index in [9.17, 15) is 10.2 Å². The van der Waals surface area contributed by atoms with Crippen molar-refractivity contribution in [3.8, 4) is 0 Å². The molecule has 27 heavy (non-hydrogen) atoms. The molecule has 1 saturated carbocycles. The highest BCUT2D eigenvalue weighted by Gasteiger charge is 2.78. The Morgan fingerprint density at radius 3 is 2.63 bits per heavy atom. The number of nitrogens with zero attached hydrogens (tertiary/aromatic N) is 2. The standard InChI is InChI=1S/C23H32N2O2/c1-4-8-13-17-12(5-2)22(27)25-16-11-23(21(26)18(16)17)14-9-6-7-10-15(14)24(3)20(23)19(13)25/h6-7,9-10,12-13,16-22,26-27H,4-5,8,11H2,1-3H3/t12-,13?,16-,17-,18?,19-,20-,21-,22+,23+/m0/s1. The summed E-state index contributed by atoms with van der Waals surface area (Å²) in [5.74, 6) is 1.67. The fourth-order valence-corrected chi connectivity index (χ4v) is 8.78. The third kappa shape index (κ3) is 1.62. The number of anilines is 1. The van der Waals surface area contributed by atoms with Gasteiger partial charge < -0.3 is 15.1 Å². The summed E-state index contributed by atoms with van der Waals surface area (Å²) in [5.41, 5.74) is 2.51. The molecule has 5 aliphatic heterocycles. The van der Waals surface area contributed by atoms with Gasteiger partial charge in [-0.25, -0.2) is 0 Å². The zero-order valence-electron chi connectivity index (χ0n) is 16.6. The lowest BCUT2D eigenvalue weighted by Gasteiger charge is -2.66. The normalized spacial score (nSPS) is 53.7. The zero-order valence-corrected chi connectivity index (χ0v) is 16.6. The van der Waals surface area contributed by atoms with Crippen LogP contribution in [0.5, 0.6) is 0 Å². The highest BCUT2D eigenvalue weighted by molar-refractivity contribution is 5.67. The third-order valence-electron chi connectivity index (χ3n) is 9.32. The van der Waals surface area contributed by atoms with Gasteiger partial charge >= 0.3 is 0 Å². The molecule has 0 radical (unpaired) electrons. The van der Waals surface area contributed by atoms with Crippen molar-refractivity contribution < 1.29 is 10.2 Å². The highest BCUT2D eigenvalue weighted by atomic mass is 16.3. The maximum atomic E-state index is 11.9. The Morgan fingerprint density at radius 2 is 1.89 bits per heavy atom. The van der Waals surface area contributed by atoms with Crippen LogP contribution < -0.4 is 4.90 Å². The first kappa shape index (κ1) is 16.8. The maximum absolute atomic E-state index is 11.9. The summed E-state index contributed by atoms with van der Waals surface area (Å²) in [7, 11) is 2.22. The van der Waals surface area contributed by atoms with Crippen LogP contribution in [0.25, 0.3) is 0 Å². The topological polar surface area (TPSA) is 46.9 Å². The van der Waals surface area contributed by atoms with E-state index in [1.54, 1.807) is 0 Å². The molecule has 7 rings (SSSR count). The first-order chi connectivity index (χ1) is 13.1. The van der Waals surface area contributed by atoms with Crippen molar-refractivity contribution in [1.29, 1.82) is 0 Å². The van der Waals surface area contributed by atoms with E-state index in [2.05, 4.69) is 55.0 Å². The molecule has 4 nitrogen and oxygen atoms in total. The van der Waals surface area contributed by atoms with Crippen molar-refractivity contribution in [2.24, 2.45) is 23.7 Å². The number of aliphatic hydroxyl groups excluding tert-OH is 2. The molecule has 0 amide bonds. The van der Waals surface area contributed by atoms with Crippen molar-refractivity contribution in [1.82, 2.24) is 4.90 Å². The number of piperidine rings is 4. The molecular weight excluding hydrogens is 336 g/mol. The molecule has 4 saturated heterocycles. The van der Waals surface area contributed by atoms with Gasteiger partial charge in [-0.05, 0) is 42.7 Å². The molecule has 6 aliphatic rings. The quantitative estimate of drug-likeness (QED) is 0.861. The van der Waals surface area contributed by atoms with Gasteiger partial charge in [0, 0.05) is 42.1 Å². The van der Waals surface area contributed by atoms with E-state index >= 15 is 0 Å². The van der Waals surface area contributed by atoms with Crippen molar-refractivity contribution in [2.75, 3.05) is 11.9 Å². The minimum absolute atomic E-state index is 0.148. The number of rotatable bonds is 3. The van der Waals surface area contributed by atoms with Crippen LogP contribution in [0, 0.1) is 23.7 Å². The number of aliphatic hydroxyl groups is 2. The first-order valence-electron chi connectivity index (χ1n) is 11.0. The fraction of sp³-hybridized carbons (Fsp3) is 0.739. The lowest BCUT2D eigenvalue weighted by atomic mass is 9.56. The van der Waals surface area contributed by atoms with Crippen LogP contribution in [0.4, 0.5) is 5.69 Å². The molecule has 1 aromatic rings. The Hall–Kier alpha value is -1.10. The summed E-state index contributed by atoms with van der Waals surface area (Å²) in [6, 6.07) is 9.74. The van der Waals surface area contributed by atoms with Gasteiger partial charge in [0.25, 0.3) is 0 Å². The molecule has 146 valence electrons. The summed E-state index contributed by atoms with van der Waals surface area (Å²) >= 11 is 0. The Bertz CT molecular complexity index is 783. The minimum Gasteiger partial charge on any atom is -0.392 e. The van der Waals surface area contributed by atoms with Gasteiger partial charge in [0.2, 0.25) is 0 Å². The van der Waals surface area contributed by atoms with Gasteiger partial charge in [-0.1, -0.05) is 38.5 Å². The molecule has 0 aromatic heterocycles. The van der Waals surface area contributed by atoms with E-state index in [4.69, 9.17) is 0 Å².